The lowest BCUT2D eigenvalue weighted by atomic mass is 9.73. The van der Waals surface area contributed by atoms with Gasteiger partial charge in [-0.15, -0.1) is 0 Å². The van der Waals surface area contributed by atoms with Gasteiger partial charge in [-0.3, -0.25) is 9.10 Å². The number of carbonyl (C=O) groups is 1. The zero-order chi connectivity index (χ0) is 25.8. The Bertz CT molecular complexity index is 1310. The highest BCUT2D eigenvalue weighted by molar-refractivity contribution is 7.90. The van der Waals surface area contributed by atoms with Crippen LogP contribution in [0.15, 0.2) is 78.9 Å². The number of nitrogens with zero attached hydrogens (tertiary/aromatic N) is 2. The van der Waals surface area contributed by atoms with Gasteiger partial charge in [0.2, 0.25) is 0 Å². The number of rotatable bonds is 8. The van der Waals surface area contributed by atoms with Gasteiger partial charge < -0.3 is 10.1 Å². The third-order valence-corrected chi connectivity index (χ3v) is 8.77. The molecule has 1 amide bonds. The molecule has 3 aromatic carbocycles. The van der Waals surface area contributed by atoms with Gasteiger partial charge in [-0.2, -0.15) is 12.7 Å². The van der Waals surface area contributed by atoms with E-state index in [2.05, 4.69) is 5.32 Å². The summed E-state index contributed by atoms with van der Waals surface area (Å²) in [4.78, 5) is 13.0. The summed E-state index contributed by atoms with van der Waals surface area (Å²) < 4.78 is 48.2. The van der Waals surface area contributed by atoms with Crippen LogP contribution in [0.2, 0.25) is 0 Å². The van der Waals surface area contributed by atoms with E-state index in [9.17, 15) is 17.6 Å². The third kappa shape index (κ3) is 5.22. The van der Waals surface area contributed by atoms with E-state index in [1.165, 1.54) is 36.7 Å². The number of ether oxygens (including phenoxy) is 1. The number of hydrogen-bond donors (Lipinski definition) is 1. The van der Waals surface area contributed by atoms with Gasteiger partial charge in [-0.25, -0.2) is 4.39 Å². The molecule has 9 heteroatoms. The highest BCUT2D eigenvalue weighted by Crippen LogP contribution is 2.37. The Hall–Kier alpha value is -3.43. The van der Waals surface area contributed by atoms with Crippen LogP contribution in [0.25, 0.3) is 0 Å². The Morgan fingerprint density at radius 2 is 1.69 bits per heavy atom. The number of amides is 1. The van der Waals surface area contributed by atoms with Crippen LogP contribution in [0.5, 0.6) is 5.75 Å². The Labute approximate surface area is 211 Å². The summed E-state index contributed by atoms with van der Waals surface area (Å²) in [7, 11) is -0.902. The number of anilines is 1. The number of para-hydroxylation sites is 1. The molecule has 1 aliphatic heterocycles. The summed E-state index contributed by atoms with van der Waals surface area (Å²) >= 11 is 0. The molecule has 1 N–H and O–H groups in total. The smallest absolute Gasteiger partial charge is 0.303 e. The Morgan fingerprint density at radius 3 is 2.36 bits per heavy atom. The zero-order valence-electron chi connectivity index (χ0n) is 20.4. The highest BCUT2D eigenvalue weighted by atomic mass is 32.2. The van der Waals surface area contributed by atoms with E-state index < -0.39 is 21.4 Å². The van der Waals surface area contributed by atoms with Crippen molar-refractivity contribution in [2.45, 2.75) is 18.3 Å². The molecule has 0 aliphatic carbocycles. The Balaban J connectivity index is 1.53. The topological polar surface area (TPSA) is 79.0 Å². The van der Waals surface area contributed by atoms with Gasteiger partial charge in [-0.1, -0.05) is 48.5 Å². The lowest BCUT2D eigenvalue weighted by Gasteiger charge is -2.42. The monoisotopic (exact) mass is 511 g/mol. The van der Waals surface area contributed by atoms with Crippen molar-refractivity contribution >= 4 is 21.8 Å². The third-order valence-electron chi connectivity index (χ3n) is 6.85. The fourth-order valence-electron chi connectivity index (χ4n) is 4.66. The quantitative estimate of drug-likeness (QED) is 0.496. The first-order valence-corrected chi connectivity index (χ1v) is 13.1. The SMILES string of the molecule is COc1ccccc1C(=O)NCC1(c2ccccc2)CCN(S(=O)(=O)N(C)c2cccc(F)c2)CC1. The minimum Gasteiger partial charge on any atom is -0.496 e. The van der Waals surface area contributed by atoms with E-state index in [4.69, 9.17) is 4.74 Å². The molecule has 1 heterocycles. The van der Waals surface area contributed by atoms with E-state index in [0.29, 0.717) is 30.7 Å². The van der Waals surface area contributed by atoms with Gasteiger partial charge in [-0.05, 0) is 48.7 Å². The van der Waals surface area contributed by atoms with Crippen LogP contribution < -0.4 is 14.4 Å². The lowest BCUT2D eigenvalue weighted by molar-refractivity contribution is 0.0930. The van der Waals surface area contributed by atoms with Gasteiger partial charge in [0.25, 0.3) is 5.91 Å². The normalized spacial score (nSPS) is 15.8. The summed E-state index contributed by atoms with van der Waals surface area (Å²) in [6.07, 6.45) is 1.03. The number of halogens is 1. The Morgan fingerprint density at radius 1 is 1.03 bits per heavy atom. The van der Waals surface area contributed by atoms with E-state index in [0.717, 1.165) is 9.87 Å². The van der Waals surface area contributed by atoms with Gasteiger partial charge in [0.15, 0.2) is 0 Å². The lowest BCUT2D eigenvalue weighted by Crippen LogP contribution is -2.52. The van der Waals surface area contributed by atoms with Crippen LogP contribution in [-0.4, -0.2) is 52.4 Å². The molecule has 0 atom stereocenters. The average molecular weight is 512 g/mol. The van der Waals surface area contributed by atoms with Crippen molar-refractivity contribution in [2.24, 2.45) is 0 Å². The largest absolute Gasteiger partial charge is 0.496 e. The molecule has 0 aromatic heterocycles. The molecule has 190 valence electrons. The molecule has 1 fully saturated rings. The van der Waals surface area contributed by atoms with E-state index >= 15 is 0 Å². The molecular formula is C27H30FN3O4S. The first-order valence-electron chi connectivity index (χ1n) is 11.7. The zero-order valence-corrected chi connectivity index (χ0v) is 21.2. The second-order valence-electron chi connectivity index (χ2n) is 8.88. The van der Waals surface area contributed by atoms with Crippen molar-refractivity contribution in [1.82, 2.24) is 9.62 Å². The summed E-state index contributed by atoms with van der Waals surface area (Å²) in [5.74, 6) is -0.254. The fourth-order valence-corrected chi connectivity index (χ4v) is 6.03. The second kappa shape index (κ2) is 10.7. The van der Waals surface area contributed by atoms with Crippen LogP contribution >= 0.6 is 0 Å². The number of piperidine rings is 1. The summed E-state index contributed by atoms with van der Waals surface area (Å²) in [5, 5.41) is 3.05. The van der Waals surface area contributed by atoms with Crippen molar-refractivity contribution in [2.75, 3.05) is 38.1 Å². The van der Waals surface area contributed by atoms with Gasteiger partial charge >= 0.3 is 10.2 Å². The molecule has 1 saturated heterocycles. The molecule has 0 bridgehead atoms. The number of methoxy groups -OCH3 is 1. The van der Waals surface area contributed by atoms with E-state index in [1.807, 2.05) is 30.3 Å². The minimum atomic E-state index is -3.85. The molecule has 4 rings (SSSR count). The van der Waals surface area contributed by atoms with Gasteiger partial charge in [0.1, 0.15) is 11.6 Å². The van der Waals surface area contributed by atoms with Crippen molar-refractivity contribution in [3.8, 4) is 5.75 Å². The molecule has 0 spiro atoms. The van der Waals surface area contributed by atoms with E-state index in [1.54, 1.807) is 30.3 Å². The van der Waals surface area contributed by atoms with Crippen LogP contribution in [0.3, 0.4) is 0 Å². The summed E-state index contributed by atoms with van der Waals surface area (Å²) in [6.45, 7) is 0.879. The van der Waals surface area contributed by atoms with Gasteiger partial charge in [0.05, 0.1) is 18.4 Å². The Kier molecular flexibility index (Phi) is 7.61. The number of nitrogens with one attached hydrogen (secondary N) is 1. The highest BCUT2D eigenvalue weighted by Gasteiger charge is 2.41. The van der Waals surface area contributed by atoms with Gasteiger partial charge in [0, 0.05) is 32.1 Å². The maximum atomic E-state index is 13.7. The standard InChI is InChI=1S/C27H30FN3O4S/c1-30(23-12-8-11-22(28)19-23)36(33,34)31-17-15-27(16-18-31,21-9-4-3-5-10-21)20-29-26(32)24-13-6-7-14-25(24)35-2/h3-14,19H,15-18,20H2,1-2H3,(H,29,32). The van der Waals surface area contributed by atoms with Crippen molar-refractivity contribution in [1.29, 1.82) is 0 Å². The van der Waals surface area contributed by atoms with Crippen molar-refractivity contribution in [3.05, 3.63) is 95.8 Å². The molecule has 36 heavy (non-hydrogen) atoms. The maximum absolute atomic E-state index is 13.7. The van der Waals surface area contributed by atoms with Crippen LogP contribution in [0.1, 0.15) is 28.8 Å². The average Bonchev–Trinajstić information content (AvgIpc) is 2.92. The van der Waals surface area contributed by atoms with E-state index in [-0.39, 0.29) is 24.7 Å². The molecule has 0 saturated carbocycles. The van der Waals surface area contributed by atoms with Crippen LogP contribution in [0.4, 0.5) is 10.1 Å². The predicted octanol–water partition coefficient (Wildman–Crippen LogP) is 3.98. The molecule has 0 unspecified atom stereocenters. The molecule has 0 radical (unpaired) electrons. The molecule has 3 aromatic rings. The number of benzene rings is 3. The maximum Gasteiger partial charge on any atom is 0.303 e. The molecular weight excluding hydrogens is 481 g/mol. The summed E-state index contributed by atoms with van der Waals surface area (Å²) in [6, 6.07) is 22.4. The minimum absolute atomic E-state index is 0.247. The first-order chi connectivity index (χ1) is 17.3. The predicted molar refractivity (Wildman–Crippen MR) is 138 cm³/mol. The fraction of sp³-hybridized carbons (Fsp3) is 0.296. The summed E-state index contributed by atoms with van der Waals surface area (Å²) in [5.41, 5.74) is 1.31. The first kappa shape index (κ1) is 25.7. The molecule has 1 aliphatic rings. The number of carbonyl (C=O) groups excluding carboxylic acids is 1. The van der Waals surface area contributed by atoms with Crippen LogP contribution in [-0.2, 0) is 15.6 Å². The van der Waals surface area contributed by atoms with Crippen molar-refractivity contribution in [3.63, 3.8) is 0 Å². The van der Waals surface area contributed by atoms with Crippen molar-refractivity contribution < 1.29 is 22.3 Å². The second-order valence-corrected chi connectivity index (χ2v) is 10.8. The number of hydrogen-bond acceptors (Lipinski definition) is 4. The molecule has 7 nitrogen and oxygen atoms in total. The van der Waals surface area contributed by atoms with Crippen LogP contribution in [0, 0.1) is 5.82 Å².